The molecule has 160 valence electrons. The molecule has 0 aromatic carbocycles. The van der Waals surface area contributed by atoms with Gasteiger partial charge in [-0.25, -0.2) is 0 Å². The number of aliphatic hydroxyl groups is 1. The van der Waals surface area contributed by atoms with Crippen molar-refractivity contribution in [3.8, 4) is 0 Å². The molecule has 0 heterocycles. The lowest BCUT2D eigenvalue weighted by Crippen LogP contribution is -2.37. The largest absolute Gasteiger partial charge is 0.394 e. The summed E-state index contributed by atoms with van der Waals surface area (Å²) in [5, 5.41) is 12.2. The van der Waals surface area contributed by atoms with Gasteiger partial charge in [0.1, 0.15) is 0 Å². The second-order valence-corrected chi connectivity index (χ2v) is 7.92. The van der Waals surface area contributed by atoms with Crippen molar-refractivity contribution in [1.29, 1.82) is 0 Å². The highest BCUT2D eigenvalue weighted by atomic mass is 16.3. The third kappa shape index (κ3) is 19.7. The van der Waals surface area contributed by atoms with Crippen molar-refractivity contribution < 1.29 is 9.90 Å². The Kier molecular flexibility index (Phi) is 20.8. The van der Waals surface area contributed by atoms with Crippen LogP contribution in [-0.4, -0.2) is 23.7 Å². The molecule has 27 heavy (non-hydrogen) atoms. The predicted octanol–water partition coefficient (Wildman–Crippen LogP) is 6.69. The molecule has 3 nitrogen and oxygen atoms in total. The second kappa shape index (κ2) is 21.5. The quantitative estimate of drug-likeness (QED) is 0.182. The summed E-state index contributed by atoms with van der Waals surface area (Å²) in [5.41, 5.74) is 0. The fraction of sp³-hybridized carbons (Fsp3) is 0.875. The Hall–Kier alpha value is -0.830. The molecule has 0 aromatic rings. The van der Waals surface area contributed by atoms with Gasteiger partial charge in [0.05, 0.1) is 12.6 Å². The van der Waals surface area contributed by atoms with E-state index in [0.717, 1.165) is 32.1 Å². The molecule has 0 aliphatic carbocycles. The summed E-state index contributed by atoms with van der Waals surface area (Å²) in [5.74, 6) is 0.0998. The molecule has 1 amide bonds. The van der Waals surface area contributed by atoms with Crippen molar-refractivity contribution in [2.75, 3.05) is 6.61 Å². The number of hydrogen-bond donors (Lipinski definition) is 2. The van der Waals surface area contributed by atoms with Gasteiger partial charge in [-0.15, -0.1) is 0 Å². The number of nitrogens with one attached hydrogen (secondary N) is 1. The van der Waals surface area contributed by atoms with Crippen LogP contribution in [0.25, 0.3) is 0 Å². The molecule has 0 rings (SSSR count). The van der Waals surface area contributed by atoms with Crippen LogP contribution < -0.4 is 5.32 Å². The third-order valence-electron chi connectivity index (χ3n) is 5.16. The maximum Gasteiger partial charge on any atom is 0.220 e. The molecule has 0 radical (unpaired) electrons. The minimum Gasteiger partial charge on any atom is -0.394 e. The van der Waals surface area contributed by atoms with Gasteiger partial charge in [-0.05, 0) is 38.5 Å². The van der Waals surface area contributed by atoms with Crippen molar-refractivity contribution in [3.63, 3.8) is 0 Å². The lowest BCUT2D eigenvalue weighted by molar-refractivity contribution is -0.122. The van der Waals surface area contributed by atoms with E-state index in [1.165, 1.54) is 70.6 Å². The molecule has 0 aliphatic heterocycles. The molecule has 0 bridgehead atoms. The first kappa shape index (κ1) is 26.2. The topological polar surface area (TPSA) is 49.3 Å². The highest BCUT2D eigenvalue weighted by molar-refractivity contribution is 5.76. The SMILES string of the molecule is CCCCCCCC/C=C/CCCCCCCC(=O)N[C@@H](CO)CCCC. The minimum atomic E-state index is -0.0550. The lowest BCUT2D eigenvalue weighted by Gasteiger charge is -2.15. The van der Waals surface area contributed by atoms with Gasteiger partial charge in [0.15, 0.2) is 0 Å². The van der Waals surface area contributed by atoms with Gasteiger partial charge in [-0.3, -0.25) is 4.79 Å². The van der Waals surface area contributed by atoms with E-state index in [4.69, 9.17) is 0 Å². The Balaban J connectivity index is 3.36. The van der Waals surface area contributed by atoms with Crippen LogP contribution in [0.3, 0.4) is 0 Å². The van der Waals surface area contributed by atoms with Gasteiger partial charge in [0, 0.05) is 6.42 Å². The van der Waals surface area contributed by atoms with Gasteiger partial charge in [-0.1, -0.05) is 90.2 Å². The monoisotopic (exact) mass is 381 g/mol. The van der Waals surface area contributed by atoms with E-state index in [9.17, 15) is 9.90 Å². The average Bonchev–Trinajstić information content (AvgIpc) is 2.68. The number of amides is 1. The molecule has 0 aliphatic rings. The number of rotatable bonds is 20. The molecular weight excluding hydrogens is 334 g/mol. The van der Waals surface area contributed by atoms with Crippen LogP contribution in [-0.2, 0) is 4.79 Å². The van der Waals surface area contributed by atoms with E-state index in [2.05, 4.69) is 31.3 Å². The molecule has 0 saturated heterocycles. The Morgan fingerprint density at radius 3 is 1.85 bits per heavy atom. The number of carbonyl (C=O) groups is 1. The van der Waals surface area contributed by atoms with Crippen LogP contribution in [0.5, 0.6) is 0 Å². The van der Waals surface area contributed by atoms with E-state index >= 15 is 0 Å². The number of hydrogen-bond acceptors (Lipinski definition) is 2. The Morgan fingerprint density at radius 1 is 0.778 bits per heavy atom. The molecule has 3 heteroatoms. The highest BCUT2D eigenvalue weighted by Crippen LogP contribution is 2.10. The molecule has 0 saturated carbocycles. The van der Waals surface area contributed by atoms with Crippen LogP contribution in [0.2, 0.25) is 0 Å². The number of aliphatic hydroxyl groups excluding tert-OH is 1. The van der Waals surface area contributed by atoms with Gasteiger partial charge in [0.25, 0.3) is 0 Å². The molecule has 0 unspecified atom stereocenters. The minimum absolute atomic E-state index is 0.0537. The maximum absolute atomic E-state index is 11.9. The maximum atomic E-state index is 11.9. The predicted molar refractivity (Wildman–Crippen MR) is 118 cm³/mol. The molecule has 2 N–H and O–H groups in total. The molecular formula is C24H47NO2. The third-order valence-corrected chi connectivity index (χ3v) is 5.16. The summed E-state index contributed by atoms with van der Waals surface area (Å²) < 4.78 is 0. The fourth-order valence-electron chi connectivity index (χ4n) is 3.32. The van der Waals surface area contributed by atoms with E-state index in [1.807, 2.05) is 0 Å². The highest BCUT2D eigenvalue weighted by Gasteiger charge is 2.10. The van der Waals surface area contributed by atoms with Crippen molar-refractivity contribution in [2.45, 2.75) is 129 Å². The summed E-state index contributed by atoms with van der Waals surface area (Å²) >= 11 is 0. The number of unbranched alkanes of at least 4 members (excludes halogenated alkanes) is 12. The van der Waals surface area contributed by atoms with Crippen LogP contribution in [0.15, 0.2) is 12.2 Å². The Morgan fingerprint density at radius 2 is 1.30 bits per heavy atom. The smallest absolute Gasteiger partial charge is 0.220 e. The molecule has 0 fully saturated rings. The van der Waals surface area contributed by atoms with E-state index < -0.39 is 0 Å². The van der Waals surface area contributed by atoms with Crippen LogP contribution in [0.1, 0.15) is 123 Å². The molecule has 0 aromatic heterocycles. The Labute approximate surface area is 169 Å². The van der Waals surface area contributed by atoms with Crippen LogP contribution in [0.4, 0.5) is 0 Å². The summed E-state index contributed by atoms with van der Waals surface area (Å²) in [6.45, 7) is 4.45. The zero-order valence-corrected chi connectivity index (χ0v) is 18.3. The van der Waals surface area contributed by atoms with Crippen molar-refractivity contribution in [3.05, 3.63) is 12.2 Å². The zero-order chi connectivity index (χ0) is 20.0. The number of carbonyl (C=O) groups excluding carboxylic acids is 1. The van der Waals surface area contributed by atoms with Gasteiger partial charge >= 0.3 is 0 Å². The number of allylic oxidation sites excluding steroid dienone is 2. The summed E-state index contributed by atoms with van der Waals surface area (Å²) in [4.78, 5) is 11.9. The lowest BCUT2D eigenvalue weighted by atomic mass is 10.1. The van der Waals surface area contributed by atoms with Gasteiger partial charge < -0.3 is 10.4 Å². The second-order valence-electron chi connectivity index (χ2n) is 7.92. The standard InChI is InChI=1S/C24H47NO2/c1-3-5-7-8-9-10-11-12-13-14-15-16-17-18-19-21-24(27)25-23(22-26)20-6-4-2/h12-13,23,26H,3-11,14-22H2,1-2H3,(H,25,27)/b13-12+/t23-/m1/s1. The zero-order valence-electron chi connectivity index (χ0n) is 18.3. The van der Waals surface area contributed by atoms with Gasteiger partial charge in [-0.2, -0.15) is 0 Å². The van der Waals surface area contributed by atoms with E-state index in [-0.39, 0.29) is 18.6 Å². The average molecular weight is 382 g/mol. The van der Waals surface area contributed by atoms with Crippen molar-refractivity contribution in [2.24, 2.45) is 0 Å². The molecule has 1 atom stereocenters. The normalized spacial score (nSPS) is 12.6. The summed E-state index contributed by atoms with van der Waals surface area (Å²) in [7, 11) is 0. The fourth-order valence-corrected chi connectivity index (χ4v) is 3.32. The van der Waals surface area contributed by atoms with Crippen LogP contribution in [0, 0.1) is 0 Å². The van der Waals surface area contributed by atoms with Gasteiger partial charge in [0.2, 0.25) is 5.91 Å². The van der Waals surface area contributed by atoms with Crippen molar-refractivity contribution in [1.82, 2.24) is 5.32 Å². The molecule has 0 spiro atoms. The van der Waals surface area contributed by atoms with E-state index in [1.54, 1.807) is 0 Å². The first-order valence-corrected chi connectivity index (χ1v) is 11.8. The first-order valence-electron chi connectivity index (χ1n) is 11.8. The first-order chi connectivity index (χ1) is 13.2. The van der Waals surface area contributed by atoms with E-state index in [0.29, 0.717) is 6.42 Å². The van der Waals surface area contributed by atoms with Crippen LogP contribution >= 0.6 is 0 Å². The summed E-state index contributed by atoms with van der Waals surface area (Å²) in [6.07, 6.45) is 24.9. The Bertz CT molecular complexity index is 341. The van der Waals surface area contributed by atoms with Crippen molar-refractivity contribution >= 4 is 5.91 Å². The summed E-state index contributed by atoms with van der Waals surface area (Å²) in [6, 6.07) is -0.0550.